The minimum absolute atomic E-state index is 0.0456. The summed E-state index contributed by atoms with van der Waals surface area (Å²) in [6.07, 6.45) is 3.01. The first kappa shape index (κ1) is 15.5. The first-order valence-electron chi connectivity index (χ1n) is 8.47. The van der Waals surface area contributed by atoms with Crippen LogP contribution in [0.1, 0.15) is 36.9 Å². The fourth-order valence-corrected chi connectivity index (χ4v) is 3.41. The Hall–Kier alpha value is -1.39. The number of amides is 1. The van der Waals surface area contributed by atoms with Crippen LogP contribution in [0.25, 0.3) is 0 Å². The molecule has 1 aromatic carbocycles. The lowest BCUT2D eigenvalue weighted by molar-refractivity contribution is -0.143. The van der Waals surface area contributed by atoms with E-state index in [0.29, 0.717) is 6.61 Å². The third-order valence-corrected chi connectivity index (χ3v) is 4.81. The van der Waals surface area contributed by atoms with Crippen molar-refractivity contribution >= 4 is 5.91 Å². The van der Waals surface area contributed by atoms with E-state index in [9.17, 15) is 4.79 Å². The van der Waals surface area contributed by atoms with Crippen LogP contribution in [-0.2, 0) is 16.0 Å². The van der Waals surface area contributed by atoms with Gasteiger partial charge in [-0.3, -0.25) is 4.79 Å². The molecule has 2 atom stereocenters. The number of hydrogen-bond donors (Lipinski definition) is 1. The smallest absolute Gasteiger partial charge is 0.228 e. The van der Waals surface area contributed by atoms with E-state index in [1.165, 1.54) is 11.1 Å². The van der Waals surface area contributed by atoms with Gasteiger partial charge >= 0.3 is 0 Å². The molecule has 1 N–H and O–H groups in total. The molecule has 4 heteroatoms. The Morgan fingerprint density at radius 1 is 1.36 bits per heavy atom. The summed E-state index contributed by atoms with van der Waals surface area (Å²) in [5.74, 6) is 0.315. The summed E-state index contributed by atoms with van der Waals surface area (Å²) in [5, 5.41) is 3.42. The van der Waals surface area contributed by atoms with Crippen LogP contribution in [0, 0.1) is 5.92 Å². The minimum atomic E-state index is 0.0456. The van der Waals surface area contributed by atoms with Crippen LogP contribution in [0.15, 0.2) is 24.3 Å². The van der Waals surface area contributed by atoms with Crippen molar-refractivity contribution in [1.29, 1.82) is 0 Å². The van der Waals surface area contributed by atoms with Gasteiger partial charge in [0.15, 0.2) is 0 Å². The Morgan fingerprint density at radius 3 is 2.86 bits per heavy atom. The lowest BCUT2D eigenvalue weighted by Crippen LogP contribution is -2.51. The molecule has 0 spiro atoms. The summed E-state index contributed by atoms with van der Waals surface area (Å²) in [6, 6.07) is 8.85. The van der Waals surface area contributed by atoms with E-state index in [1.807, 2.05) is 0 Å². The number of carbonyl (C=O) groups is 1. The van der Waals surface area contributed by atoms with Crippen LogP contribution in [0.5, 0.6) is 0 Å². The van der Waals surface area contributed by atoms with Crippen molar-refractivity contribution in [1.82, 2.24) is 10.2 Å². The highest BCUT2D eigenvalue weighted by atomic mass is 16.5. The molecule has 2 heterocycles. The molecule has 120 valence electrons. The minimum Gasteiger partial charge on any atom is -0.381 e. The molecule has 0 aliphatic carbocycles. The van der Waals surface area contributed by atoms with E-state index in [4.69, 9.17) is 4.74 Å². The Labute approximate surface area is 132 Å². The molecule has 0 aromatic heterocycles. The van der Waals surface area contributed by atoms with Gasteiger partial charge < -0.3 is 15.0 Å². The second-order valence-electron chi connectivity index (χ2n) is 6.26. The van der Waals surface area contributed by atoms with Crippen LogP contribution in [0.3, 0.4) is 0 Å². The normalized spacial score (nSPS) is 26.0. The Balaban J connectivity index is 1.76. The third-order valence-electron chi connectivity index (χ3n) is 4.81. The molecule has 0 radical (unpaired) electrons. The third kappa shape index (κ3) is 3.33. The fraction of sp³-hybridized carbons (Fsp3) is 0.611. The number of nitrogens with zero attached hydrogens (tertiary/aromatic N) is 1. The van der Waals surface area contributed by atoms with Crippen molar-refractivity contribution in [3.05, 3.63) is 35.4 Å². The predicted octanol–water partition coefficient (Wildman–Crippen LogP) is 2.15. The highest BCUT2D eigenvalue weighted by Crippen LogP contribution is 2.26. The van der Waals surface area contributed by atoms with Crippen molar-refractivity contribution < 1.29 is 9.53 Å². The molecule has 4 nitrogen and oxygen atoms in total. The highest BCUT2D eigenvalue weighted by molar-refractivity contribution is 5.79. The largest absolute Gasteiger partial charge is 0.381 e. The lowest BCUT2D eigenvalue weighted by atomic mass is 9.96. The van der Waals surface area contributed by atoms with Gasteiger partial charge in [-0.2, -0.15) is 0 Å². The summed E-state index contributed by atoms with van der Waals surface area (Å²) in [6.45, 7) is 6.05. The van der Waals surface area contributed by atoms with E-state index >= 15 is 0 Å². The topological polar surface area (TPSA) is 41.6 Å². The van der Waals surface area contributed by atoms with Crippen molar-refractivity contribution in [2.75, 3.05) is 32.8 Å². The molecule has 0 bridgehead atoms. The van der Waals surface area contributed by atoms with Crippen LogP contribution in [0.4, 0.5) is 0 Å². The van der Waals surface area contributed by atoms with Crippen molar-refractivity contribution in [3.8, 4) is 0 Å². The van der Waals surface area contributed by atoms with Crippen molar-refractivity contribution in [2.45, 2.75) is 32.2 Å². The van der Waals surface area contributed by atoms with Gasteiger partial charge in [0.05, 0.1) is 18.6 Å². The van der Waals surface area contributed by atoms with Gasteiger partial charge in [-0.25, -0.2) is 0 Å². The van der Waals surface area contributed by atoms with E-state index in [2.05, 4.69) is 41.4 Å². The fourth-order valence-electron chi connectivity index (χ4n) is 3.41. The molecule has 0 saturated carbocycles. The molecular weight excluding hydrogens is 276 g/mol. The number of piperazine rings is 1. The summed E-state index contributed by atoms with van der Waals surface area (Å²) in [5.41, 5.74) is 2.57. The van der Waals surface area contributed by atoms with E-state index < -0.39 is 0 Å². The molecule has 2 fully saturated rings. The highest BCUT2D eigenvalue weighted by Gasteiger charge is 2.33. The number of rotatable bonds is 3. The van der Waals surface area contributed by atoms with E-state index in [-0.39, 0.29) is 17.9 Å². The maximum Gasteiger partial charge on any atom is 0.228 e. The van der Waals surface area contributed by atoms with Gasteiger partial charge in [-0.1, -0.05) is 31.2 Å². The second-order valence-corrected chi connectivity index (χ2v) is 6.26. The number of nitrogens with one attached hydrogen (secondary N) is 1. The van der Waals surface area contributed by atoms with Crippen molar-refractivity contribution in [2.24, 2.45) is 5.92 Å². The Bertz CT molecular complexity index is 494. The molecule has 2 saturated heterocycles. The molecule has 3 rings (SSSR count). The number of ether oxygens (including phenoxy) is 1. The Morgan fingerprint density at radius 2 is 2.18 bits per heavy atom. The molecule has 22 heavy (non-hydrogen) atoms. The average molecular weight is 302 g/mol. The van der Waals surface area contributed by atoms with Gasteiger partial charge in [0.1, 0.15) is 0 Å². The van der Waals surface area contributed by atoms with Crippen molar-refractivity contribution in [3.63, 3.8) is 0 Å². The van der Waals surface area contributed by atoms with Crippen LogP contribution >= 0.6 is 0 Å². The number of hydrogen-bond acceptors (Lipinski definition) is 3. The Kier molecular flexibility index (Phi) is 5.11. The van der Waals surface area contributed by atoms with Gasteiger partial charge in [0.2, 0.25) is 5.91 Å². The van der Waals surface area contributed by atoms with Gasteiger partial charge in [-0.15, -0.1) is 0 Å². The standard InChI is InChI=1S/C18H26N2O2/c1-2-14-5-7-15(8-6-14)17-12-19-9-10-20(17)18(21)16-4-3-11-22-13-16/h5-8,16-17,19H,2-4,9-13H2,1H3. The van der Waals surface area contributed by atoms with Gasteiger partial charge in [0, 0.05) is 26.2 Å². The monoisotopic (exact) mass is 302 g/mol. The average Bonchev–Trinajstić information content (AvgIpc) is 2.62. The second kappa shape index (κ2) is 7.25. The molecule has 2 aliphatic rings. The molecular formula is C18H26N2O2. The maximum atomic E-state index is 12.9. The maximum absolute atomic E-state index is 12.9. The first-order valence-corrected chi connectivity index (χ1v) is 8.47. The molecule has 1 amide bonds. The van der Waals surface area contributed by atoms with Crippen LogP contribution < -0.4 is 5.32 Å². The number of aryl methyl sites for hydroxylation is 1. The zero-order chi connectivity index (χ0) is 15.4. The summed E-state index contributed by atoms with van der Waals surface area (Å²) in [7, 11) is 0. The number of carbonyl (C=O) groups excluding carboxylic acids is 1. The van der Waals surface area contributed by atoms with Crippen LogP contribution in [-0.4, -0.2) is 43.7 Å². The van der Waals surface area contributed by atoms with Gasteiger partial charge in [-0.05, 0) is 30.4 Å². The SMILES string of the molecule is CCc1ccc(C2CNCCN2C(=O)C2CCCOC2)cc1. The summed E-state index contributed by atoms with van der Waals surface area (Å²) in [4.78, 5) is 14.9. The molecule has 2 aliphatic heterocycles. The zero-order valence-corrected chi connectivity index (χ0v) is 13.4. The predicted molar refractivity (Wildman–Crippen MR) is 86.7 cm³/mol. The van der Waals surface area contributed by atoms with E-state index in [0.717, 1.165) is 45.5 Å². The van der Waals surface area contributed by atoms with Crippen LogP contribution in [0.2, 0.25) is 0 Å². The van der Waals surface area contributed by atoms with E-state index in [1.54, 1.807) is 0 Å². The quantitative estimate of drug-likeness (QED) is 0.930. The first-order chi connectivity index (χ1) is 10.8. The summed E-state index contributed by atoms with van der Waals surface area (Å²) >= 11 is 0. The summed E-state index contributed by atoms with van der Waals surface area (Å²) < 4.78 is 5.50. The van der Waals surface area contributed by atoms with Gasteiger partial charge in [0.25, 0.3) is 0 Å². The number of benzene rings is 1. The molecule has 1 aromatic rings. The lowest BCUT2D eigenvalue weighted by Gasteiger charge is -2.39. The molecule has 2 unspecified atom stereocenters. The zero-order valence-electron chi connectivity index (χ0n) is 13.4.